The highest BCUT2D eigenvalue weighted by molar-refractivity contribution is 7.18. The van der Waals surface area contributed by atoms with Gasteiger partial charge in [0.05, 0.1) is 9.88 Å². The number of hydrogen-bond acceptors (Lipinski definition) is 3. The molecule has 1 aromatic carbocycles. The number of carbonyl (C=O) groups is 2. The number of rotatable bonds is 6. The van der Waals surface area contributed by atoms with E-state index in [1.807, 2.05) is 18.2 Å². The summed E-state index contributed by atoms with van der Waals surface area (Å²) in [7, 11) is 0. The highest BCUT2D eigenvalue weighted by atomic mass is 32.1. The predicted molar refractivity (Wildman–Crippen MR) is 109 cm³/mol. The average molecular weight is 383 g/mol. The van der Waals surface area contributed by atoms with Gasteiger partial charge in [0, 0.05) is 24.4 Å². The van der Waals surface area contributed by atoms with Crippen LogP contribution < -0.4 is 5.32 Å². The molecule has 1 aliphatic heterocycles. The van der Waals surface area contributed by atoms with Crippen molar-refractivity contribution in [2.75, 3.05) is 11.9 Å². The molecule has 1 aromatic heterocycles. The molecule has 0 spiro atoms. The van der Waals surface area contributed by atoms with E-state index in [0.29, 0.717) is 5.92 Å². The van der Waals surface area contributed by atoms with E-state index < -0.39 is 0 Å². The number of hydrogen-bond donors (Lipinski definition) is 1. The maximum atomic E-state index is 13.2. The summed E-state index contributed by atoms with van der Waals surface area (Å²) in [6.45, 7) is 3.02. The van der Waals surface area contributed by atoms with E-state index in [9.17, 15) is 9.59 Å². The number of nitrogens with one attached hydrogen (secondary N) is 1. The van der Waals surface area contributed by atoms with Gasteiger partial charge in [0.25, 0.3) is 5.91 Å². The van der Waals surface area contributed by atoms with Gasteiger partial charge >= 0.3 is 0 Å². The van der Waals surface area contributed by atoms with Gasteiger partial charge in [-0.15, -0.1) is 11.3 Å². The molecular formula is C22H26N2O2S. The van der Waals surface area contributed by atoms with Gasteiger partial charge in [0.1, 0.15) is 0 Å². The first-order chi connectivity index (χ1) is 13.2. The molecule has 0 unspecified atom stereocenters. The summed E-state index contributed by atoms with van der Waals surface area (Å²) in [5.41, 5.74) is 1.31. The Labute approximate surface area is 164 Å². The lowest BCUT2D eigenvalue weighted by molar-refractivity contribution is -0.117. The summed E-state index contributed by atoms with van der Waals surface area (Å²) in [6.07, 6.45) is 5.09. The average Bonchev–Trinajstić information content (AvgIpc) is 3.26. The summed E-state index contributed by atoms with van der Waals surface area (Å²) in [4.78, 5) is 27.9. The van der Waals surface area contributed by atoms with Gasteiger partial charge in [-0.05, 0) is 49.8 Å². The molecule has 4 rings (SSSR count). The molecule has 2 aromatic rings. The lowest BCUT2D eigenvalue weighted by Gasteiger charge is -2.31. The van der Waals surface area contributed by atoms with Crippen molar-refractivity contribution in [3.8, 4) is 0 Å². The molecule has 1 aliphatic carbocycles. The standard InChI is InChI=1S/C22H26N2O2S/c1-2-17(15-7-4-3-5-8-15)18-9-6-14-24(18)22(26)19-12-13-20(27-19)23-21(25)16-10-11-16/h3-5,7-8,12-13,16-18H,2,6,9-11,14H2,1H3,(H,23,25)/t17-,18+/m1/s1. The summed E-state index contributed by atoms with van der Waals surface area (Å²) in [6, 6.07) is 14.5. The van der Waals surface area contributed by atoms with E-state index in [-0.39, 0.29) is 23.8 Å². The minimum absolute atomic E-state index is 0.0880. The molecule has 0 bridgehead atoms. The zero-order chi connectivity index (χ0) is 18.8. The van der Waals surface area contributed by atoms with Gasteiger partial charge in [0.15, 0.2) is 0 Å². The normalized spacial score (nSPS) is 20.5. The van der Waals surface area contributed by atoms with Gasteiger partial charge in [0.2, 0.25) is 5.91 Å². The van der Waals surface area contributed by atoms with E-state index in [1.165, 1.54) is 16.9 Å². The Kier molecular flexibility index (Phi) is 5.30. The minimum atomic E-state index is 0.0880. The van der Waals surface area contributed by atoms with E-state index in [2.05, 4.69) is 41.4 Å². The molecule has 2 fully saturated rings. The lowest BCUT2D eigenvalue weighted by atomic mass is 9.87. The van der Waals surface area contributed by atoms with Crippen molar-refractivity contribution >= 4 is 28.2 Å². The van der Waals surface area contributed by atoms with Crippen molar-refractivity contribution < 1.29 is 9.59 Å². The van der Waals surface area contributed by atoms with Crippen LogP contribution in [0.5, 0.6) is 0 Å². The summed E-state index contributed by atoms with van der Waals surface area (Å²) in [5.74, 6) is 0.728. The summed E-state index contributed by atoms with van der Waals surface area (Å²) in [5, 5.41) is 3.73. The fourth-order valence-corrected chi connectivity index (χ4v) is 4.99. The molecule has 1 saturated heterocycles. The monoisotopic (exact) mass is 382 g/mol. The van der Waals surface area contributed by atoms with Crippen molar-refractivity contribution in [3.05, 3.63) is 52.9 Å². The molecule has 5 heteroatoms. The number of likely N-dealkylation sites (tertiary alicyclic amines) is 1. The van der Waals surface area contributed by atoms with Gasteiger partial charge in [-0.3, -0.25) is 9.59 Å². The largest absolute Gasteiger partial charge is 0.334 e. The molecule has 2 aliphatic rings. The minimum Gasteiger partial charge on any atom is -0.334 e. The summed E-state index contributed by atoms with van der Waals surface area (Å²) < 4.78 is 0. The number of benzene rings is 1. The van der Waals surface area contributed by atoms with Crippen molar-refractivity contribution in [1.29, 1.82) is 0 Å². The first kappa shape index (κ1) is 18.2. The zero-order valence-electron chi connectivity index (χ0n) is 15.7. The smallest absolute Gasteiger partial charge is 0.264 e. The number of amides is 2. The molecule has 2 amide bonds. The second-order valence-corrected chi connectivity index (χ2v) is 8.64. The van der Waals surface area contributed by atoms with Crippen LogP contribution >= 0.6 is 11.3 Å². The number of nitrogens with zero attached hydrogens (tertiary/aromatic N) is 1. The molecule has 2 atom stereocenters. The molecule has 142 valence electrons. The molecule has 1 saturated carbocycles. The van der Waals surface area contributed by atoms with E-state index in [1.54, 1.807) is 0 Å². The highest BCUT2D eigenvalue weighted by Crippen LogP contribution is 2.36. The Morgan fingerprint density at radius 2 is 1.93 bits per heavy atom. The van der Waals surface area contributed by atoms with Crippen LogP contribution in [0.4, 0.5) is 5.00 Å². The van der Waals surface area contributed by atoms with Gasteiger partial charge < -0.3 is 10.2 Å². The molecule has 4 nitrogen and oxygen atoms in total. The molecule has 2 heterocycles. The maximum absolute atomic E-state index is 13.2. The SMILES string of the molecule is CC[C@H](c1ccccc1)[C@@H]1CCCN1C(=O)c1ccc(NC(=O)C2CC2)s1. The Morgan fingerprint density at radius 3 is 2.63 bits per heavy atom. The predicted octanol–water partition coefficient (Wildman–Crippen LogP) is 4.90. The van der Waals surface area contributed by atoms with Crippen LogP contribution in [0.25, 0.3) is 0 Å². The zero-order valence-corrected chi connectivity index (χ0v) is 16.5. The van der Waals surface area contributed by atoms with Crippen LogP contribution in [0, 0.1) is 5.92 Å². The Hall–Kier alpha value is -2.14. The van der Waals surface area contributed by atoms with Crippen LogP contribution in [0.1, 0.15) is 60.2 Å². The fourth-order valence-electron chi connectivity index (χ4n) is 4.12. The highest BCUT2D eigenvalue weighted by Gasteiger charge is 2.36. The quantitative estimate of drug-likeness (QED) is 0.773. The second kappa shape index (κ2) is 7.85. The number of carbonyl (C=O) groups excluding carboxylic acids is 2. The van der Waals surface area contributed by atoms with Gasteiger partial charge in [-0.25, -0.2) is 0 Å². The van der Waals surface area contributed by atoms with E-state index in [0.717, 1.165) is 48.5 Å². The van der Waals surface area contributed by atoms with Crippen molar-refractivity contribution in [1.82, 2.24) is 4.90 Å². The Bertz CT molecular complexity index is 813. The lowest BCUT2D eigenvalue weighted by Crippen LogP contribution is -2.38. The third-order valence-electron chi connectivity index (χ3n) is 5.70. The first-order valence-corrected chi connectivity index (χ1v) is 10.8. The number of thiophene rings is 1. The number of anilines is 1. The van der Waals surface area contributed by atoms with Crippen LogP contribution in [-0.4, -0.2) is 29.3 Å². The second-order valence-electron chi connectivity index (χ2n) is 7.56. The van der Waals surface area contributed by atoms with E-state index >= 15 is 0 Å². The topological polar surface area (TPSA) is 49.4 Å². The molecule has 27 heavy (non-hydrogen) atoms. The molecule has 1 N–H and O–H groups in total. The van der Waals surface area contributed by atoms with Crippen molar-refractivity contribution in [2.45, 2.75) is 51.0 Å². The summed E-state index contributed by atoms with van der Waals surface area (Å²) >= 11 is 1.40. The molecule has 0 radical (unpaired) electrons. The van der Waals surface area contributed by atoms with Gasteiger partial charge in [-0.2, -0.15) is 0 Å². The van der Waals surface area contributed by atoms with Crippen LogP contribution in [0.15, 0.2) is 42.5 Å². The molecular weight excluding hydrogens is 356 g/mol. The Balaban J connectivity index is 1.49. The van der Waals surface area contributed by atoms with Crippen LogP contribution in [0.2, 0.25) is 0 Å². The third-order valence-corrected chi connectivity index (χ3v) is 6.69. The first-order valence-electron chi connectivity index (χ1n) is 9.94. The van der Waals surface area contributed by atoms with Gasteiger partial charge in [-0.1, -0.05) is 37.3 Å². The maximum Gasteiger partial charge on any atom is 0.264 e. The van der Waals surface area contributed by atoms with Crippen molar-refractivity contribution in [2.24, 2.45) is 5.92 Å². The van der Waals surface area contributed by atoms with Crippen LogP contribution in [0.3, 0.4) is 0 Å². The third kappa shape index (κ3) is 3.93. The van der Waals surface area contributed by atoms with Crippen LogP contribution in [-0.2, 0) is 4.79 Å². The fraction of sp³-hybridized carbons (Fsp3) is 0.455. The van der Waals surface area contributed by atoms with Crippen molar-refractivity contribution in [3.63, 3.8) is 0 Å². The van der Waals surface area contributed by atoms with E-state index in [4.69, 9.17) is 0 Å². The Morgan fingerprint density at radius 1 is 1.15 bits per heavy atom.